The summed E-state index contributed by atoms with van der Waals surface area (Å²) < 4.78 is 1.62. The standard InChI is InChI=1S/C10H9Cl2N3O2/c11-7-8(12)14(4-13-7)1-2-15-9(16)5-3-6(5)10(15)17/h4-6H,1-3H2/t5-,6-/m1/s1. The maximum atomic E-state index is 11.7. The lowest BCUT2D eigenvalue weighted by molar-refractivity contribution is -0.141. The molecule has 0 N–H and O–H groups in total. The predicted octanol–water partition coefficient (Wildman–Crippen LogP) is 1.19. The summed E-state index contributed by atoms with van der Waals surface area (Å²) in [7, 11) is 0. The minimum absolute atomic E-state index is 0.0515. The summed E-state index contributed by atoms with van der Waals surface area (Å²) in [6.45, 7) is 0.756. The molecule has 2 heterocycles. The molecule has 0 unspecified atom stereocenters. The number of carbonyl (C=O) groups is 2. The fourth-order valence-electron chi connectivity index (χ4n) is 2.18. The molecule has 1 aromatic heterocycles. The molecule has 2 aliphatic rings. The van der Waals surface area contributed by atoms with Crippen molar-refractivity contribution in [3.8, 4) is 0 Å². The smallest absolute Gasteiger partial charge is 0.233 e. The lowest BCUT2D eigenvalue weighted by Gasteiger charge is -2.16. The second-order valence-electron chi connectivity index (χ2n) is 4.30. The molecular weight excluding hydrogens is 265 g/mol. The number of aromatic nitrogens is 2. The molecule has 0 bridgehead atoms. The average molecular weight is 274 g/mol. The fraction of sp³-hybridized carbons (Fsp3) is 0.500. The van der Waals surface area contributed by atoms with Gasteiger partial charge in [-0.2, -0.15) is 0 Å². The van der Waals surface area contributed by atoms with Gasteiger partial charge in [-0.25, -0.2) is 4.98 Å². The van der Waals surface area contributed by atoms with Crippen LogP contribution in [-0.2, 0) is 16.1 Å². The monoisotopic (exact) mass is 273 g/mol. The van der Waals surface area contributed by atoms with Crippen molar-refractivity contribution >= 4 is 35.0 Å². The van der Waals surface area contributed by atoms with Gasteiger partial charge in [-0.15, -0.1) is 0 Å². The molecule has 1 aliphatic heterocycles. The van der Waals surface area contributed by atoms with Crippen LogP contribution in [0.25, 0.3) is 0 Å². The van der Waals surface area contributed by atoms with E-state index in [-0.39, 0.29) is 28.8 Å². The van der Waals surface area contributed by atoms with Gasteiger partial charge in [-0.05, 0) is 6.42 Å². The lowest BCUT2D eigenvalue weighted by Crippen LogP contribution is -2.35. The van der Waals surface area contributed by atoms with E-state index in [0.717, 1.165) is 6.42 Å². The quantitative estimate of drug-likeness (QED) is 0.778. The van der Waals surface area contributed by atoms with Gasteiger partial charge in [0.1, 0.15) is 5.15 Å². The molecule has 5 nitrogen and oxygen atoms in total. The van der Waals surface area contributed by atoms with Gasteiger partial charge in [-0.3, -0.25) is 14.5 Å². The van der Waals surface area contributed by atoms with Crippen LogP contribution in [0.2, 0.25) is 10.3 Å². The van der Waals surface area contributed by atoms with Crippen molar-refractivity contribution in [2.24, 2.45) is 11.8 Å². The van der Waals surface area contributed by atoms with Crippen LogP contribution < -0.4 is 0 Å². The maximum Gasteiger partial charge on any atom is 0.233 e. The summed E-state index contributed by atoms with van der Waals surface area (Å²) in [4.78, 5) is 28.5. The third-order valence-corrected chi connectivity index (χ3v) is 4.02. The van der Waals surface area contributed by atoms with Gasteiger partial charge in [0.15, 0.2) is 5.15 Å². The van der Waals surface area contributed by atoms with E-state index in [0.29, 0.717) is 18.2 Å². The second kappa shape index (κ2) is 3.71. The first-order valence-corrected chi connectivity index (χ1v) is 6.06. The number of piperidine rings is 1. The first-order chi connectivity index (χ1) is 8.09. The van der Waals surface area contributed by atoms with Crippen LogP contribution in [0.15, 0.2) is 6.33 Å². The Labute approximate surface area is 107 Å². The van der Waals surface area contributed by atoms with Crippen molar-refractivity contribution in [2.45, 2.75) is 13.0 Å². The zero-order valence-corrected chi connectivity index (χ0v) is 10.3. The molecule has 2 amide bonds. The second-order valence-corrected chi connectivity index (χ2v) is 5.01. The Balaban J connectivity index is 1.67. The van der Waals surface area contributed by atoms with E-state index < -0.39 is 0 Å². The number of nitrogens with zero attached hydrogens (tertiary/aromatic N) is 3. The lowest BCUT2D eigenvalue weighted by atomic mass is 10.4. The zero-order valence-electron chi connectivity index (χ0n) is 8.77. The third kappa shape index (κ3) is 1.65. The van der Waals surface area contributed by atoms with Gasteiger partial charge in [0, 0.05) is 13.1 Å². The van der Waals surface area contributed by atoms with Crippen molar-refractivity contribution in [1.29, 1.82) is 0 Å². The minimum atomic E-state index is -0.0534. The molecule has 1 saturated carbocycles. The Morgan fingerprint density at radius 3 is 2.41 bits per heavy atom. The average Bonchev–Trinajstić information content (AvgIpc) is 2.99. The molecule has 3 rings (SSSR count). The highest BCUT2D eigenvalue weighted by Crippen LogP contribution is 2.46. The Morgan fingerprint density at radius 1 is 1.24 bits per heavy atom. The molecule has 1 aliphatic carbocycles. The van der Waals surface area contributed by atoms with E-state index in [9.17, 15) is 9.59 Å². The molecular formula is C10H9Cl2N3O2. The minimum Gasteiger partial charge on any atom is -0.319 e. The number of amides is 2. The van der Waals surface area contributed by atoms with Gasteiger partial charge in [0.25, 0.3) is 0 Å². The molecule has 2 fully saturated rings. The Bertz CT molecular complexity index is 494. The highest BCUT2D eigenvalue weighted by atomic mass is 35.5. The molecule has 90 valence electrons. The van der Waals surface area contributed by atoms with E-state index in [1.54, 1.807) is 4.57 Å². The van der Waals surface area contributed by atoms with Crippen molar-refractivity contribution in [3.63, 3.8) is 0 Å². The van der Waals surface area contributed by atoms with Crippen LogP contribution in [-0.4, -0.2) is 32.8 Å². The van der Waals surface area contributed by atoms with E-state index >= 15 is 0 Å². The summed E-state index contributed by atoms with van der Waals surface area (Å²) in [5, 5.41) is 0.560. The first kappa shape index (κ1) is 11.0. The summed E-state index contributed by atoms with van der Waals surface area (Å²) in [6, 6.07) is 0. The molecule has 17 heavy (non-hydrogen) atoms. The Kier molecular flexibility index (Phi) is 2.41. The number of rotatable bonds is 3. The van der Waals surface area contributed by atoms with Gasteiger partial charge in [0.05, 0.1) is 18.2 Å². The molecule has 0 aromatic carbocycles. The molecule has 1 aromatic rings. The summed E-state index contributed by atoms with van der Waals surface area (Å²) in [5.41, 5.74) is 0. The van der Waals surface area contributed by atoms with E-state index in [2.05, 4.69) is 4.98 Å². The molecule has 0 spiro atoms. The van der Waals surface area contributed by atoms with Crippen molar-refractivity contribution in [2.75, 3.05) is 6.54 Å². The summed E-state index contributed by atoms with van der Waals surface area (Å²) in [5.74, 6) is -0.210. The van der Waals surface area contributed by atoms with E-state index in [1.807, 2.05) is 0 Å². The van der Waals surface area contributed by atoms with Crippen LogP contribution in [0.4, 0.5) is 0 Å². The van der Waals surface area contributed by atoms with Gasteiger partial charge < -0.3 is 4.57 Å². The van der Waals surface area contributed by atoms with Crippen LogP contribution in [0, 0.1) is 11.8 Å². The number of hydrogen-bond donors (Lipinski definition) is 0. The van der Waals surface area contributed by atoms with Gasteiger partial charge >= 0.3 is 0 Å². The number of carbonyl (C=O) groups excluding carboxylic acids is 2. The zero-order chi connectivity index (χ0) is 12.2. The topological polar surface area (TPSA) is 55.2 Å². The van der Waals surface area contributed by atoms with Gasteiger partial charge in [-0.1, -0.05) is 23.2 Å². The van der Waals surface area contributed by atoms with Crippen LogP contribution in [0.1, 0.15) is 6.42 Å². The number of fused-ring (bicyclic) bond motifs is 1. The van der Waals surface area contributed by atoms with Crippen LogP contribution in [0.3, 0.4) is 0 Å². The number of halogens is 2. The first-order valence-electron chi connectivity index (χ1n) is 5.31. The van der Waals surface area contributed by atoms with E-state index in [1.165, 1.54) is 11.2 Å². The molecule has 7 heteroatoms. The molecule has 1 saturated heterocycles. The highest BCUT2D eigenvalue weighted by molar-refractivity contribution is 6.40. The van der Waals surface area contributed by atoms with Crippen LogP contribution in [0.5, 0.6) is 0 Å². The van der Waals surface area contributed by atoms with Gasteiger partial charge in [0.2, 0.25) is 11.8 Å². The van der Waals surface area contributed by atoms with E-state index in [4.69, 9.17) is 23.2 Å². The summed E-state index contributed by atoms with van der Waals surface area (Å²) in [6.07, 6.45) is 2.22. The maximum absolute atomic E-state index is 11.7. The predicted molar refractivity (Wildman–Crippen MR) is 60.6 cm³/mol. The third-order valence-electron chi connectivity index (χ3n) is 3.25. The normalized spacial score (nSPS) is 26.6. The summed E-state index contributed by atoms with van der Waals surface area (Å²) >= 11 is 11.6. The number of imidazole rings is 1. The molecule has 0 radical (unpaired) electrons. The highest BCUT2D eigenvalue weighted by Gasteiger charge is 2.58. The van der Waals surface area contributed by atoms with Crippen molar-refractivity contribution in [1.82, 2.24) is 14.5 Å². The van der Waals surface area contributed by atoms with Crippen molar-refractivity contribution in [3.05, 3.63) is 16.6 Å². The van der Waals surface area contributed by atoms with Crippen LogP contribution >= 0.6 is 23.2 Å². The number of hydrogen-bond acceptors (Lipinski definition) is 3. The largest absolute Gasteiger partial charge is 0.319 e. The number of imide groups is 1. The number of likely N-dealkylation sites (tertiary alicyclic amines) is 1. The van der Waals surface area contributed by atoms with Crippen molar-refractivity contribution < 1.29 is 9.59 Å². The fourth-order valence-corrected chi connectivity index (χ4v) is 2.51. The SMILES string of the molecule is O=C1[C@@H]2C[C@H]2C(=O)N1CCn1cnc(Cl)c1Cl. The molecule has 2 atom stereocenters. The Hall–Kier alpha value is -1.07. The Morgan fingerprint density at radius 2 is 1.88 bits per heavy atom.